The lowest BCUT2D eigenvalue weighted by Crippen LogP contribution is -2.48. The lowest BCUT2D eigenvalue weighted by atomic mass is 10.2. The van der Waals surface area contributed by atoms with E-state index in [-0.39, 0.29) is 6.04 Å². The van der Waals surface area contributed by atoms with Crippen LogP contribution in [-0.4, -0.2) is 60.0 Å². The highest BCUT2D eigenvalue weighted by atomic mass is 32.2. The summed E-state index contributed by atoms with van der Waals surface area (Å²) in [6.45, 7) is 3.97. The molecule has 0 spiro atoms. The molecule has 2 aliphatic heterocycles. The van der Waals surface area contributed by atoms with Gasteiger partial charge in [-0.05, 0) is 31.5 Å². The van der Waals surface area contributed by atoms with Gasteiger partial charge in [0.25, 0.3) is 0 Å². The fraction of sp³-hybridized carbons (Fsp3) is 0.688. The highest BCUT2D eigenvalue weighted by Crippen LogP contribution is 2.24. The molecule has 0 saturated carbocycles. The van der Waals surface area contributed by atoms with Gasteiger partial charge < -0.3 is 14.1 Å². The van der Waals surface area contributed by atoms with Crippen LogP contribution in [0.3, 0.4) is 0 Å². The minimum absolute atomic E-state index is 0.0269. The standard InChI is InChI=1S/C16H24N2O3S/c1-20-12-14-5-4-13(21-14)11-18-6-2-3-15(18)16(19)17-7-9-22-10-8-17/h4-5,15H,2-3,6-12H2,1H3. The van der Waals surface area contributed by atoms with Crippen LogP contribution in [0.1, 0.15) is 24.4 Å². The molecule has 2 fully saturated rings. The van der Waals surface area contributed by atoms with Crippen LogP contribution in [0.15, 0.2) is 16.5 Å². The van der Waals surface area contributed by atoms with Gasteiger partial charge in [-0.3, -0.25) is 9.69 Å². The smallest absolute Gasteiger partial charge is 0.239 e. The average Bonchev–Trinajstić information content (AvgIpc) is 3.18. The van der Waals surface area contributed by atoms with Crippen LogP contribution in [0, 0.1) is 0 Å². The Hall–Kier alpha value is -0.980. The van der Waals surface area contributed by atoms with Crippen molar-refractivity contribution in [2.45, 2.75) is 32.0 Å². The van der Waals surface area contributed by atoms with Crippen LogP contribution < -0.4 is 0 Å². The number of hydrogen-bond donors (Lipinski definition) is 0. The average molecular weight is 324 g/mol. The van der Waals surface area contributed by atoms with Crippen LogP contribution in [0.5, 0.6) is 0 Å². The van der Waals surface area contributed by atoms with Gasteiger partial charge in [-0.25, -0.2) is 0 Å². The summed E-state index contributed by atoms with van der Waals surface area (Å²) < 4.78 is 10.8. The van der Waals surface area contributed by atoms with E-state index in [1.165, 1.54) is 0 Å². The molecule has 1 aromatic heterocycles. The number of likely N-dealkylation sites (tertiary alicyclic amines) is 1. The predicted octanol–water partition coefficient (Wildman–Crippen LogP) is 1.97. The molecule has 0 aromatic carbocycles. The second-order valence-electron chi connectivity index (χ2n) is 5.87. The predicted molar refractivity (Wildman–Crippen MR) is 86.8 cm³/mol. The topological polar surface area (TPSA) is 45.9 Å². The summed E-state index contributed by atoms with van der Waals surface area (Å²) in [6, 6.07) is 3.97. The number of thioether (sulfide) groups is 1. The van der Waals surface area contributed by atoms with E-state index < -0.39 is 0 Å². The first-order valence-electron chi connectivity index (χ1n) is 7.95. The molecule has 2 saturated heterocycles. The van der Waals surface area contributed by atoms with E-state index in [0.717, 1.165) is 55.5 Å². The van der Waals surface area contributed by atoms with E-state index in [0.29, 0.717) is 19.1 Å². The fourth-order valence-corrected chi connectivity index (χ4v) is 4.12. The highest BCUT2D eigenvalue weighted by molar-refractivity contribution is 7.99. The van der Waals surface area contributed by atoms with Gasteiger partial charge in [0.05, 0.1) is 12.6 Å². The first-order chi connectivity index (χ1) is 10.8. The van der Waals surface area contributed by atoms with Crippen LogP contribution in [0.25, 0.3) is 0 Å². The molecule has 3 heterocycles. The van der Waals surface area contributed by atoms with Gasteiger partial charge in [-0.1, -0.05) is 0 Å². The second-order valence-corrected chi connectivity index (χ2v) is 7.09. The molecule has 0 bridgehead atoms. The first kappa shape index (κ1) is 15.9. The Morgan fingerprint density at radius 1 is 1.32 bits per heavy atom. The molecule has 1 aromatic rings. The van der Waals surface area contributed by atoms with Gasteiger partial charge in [0, 0.05) is 31.7 Å². The number of carbonyl (C=O) groups excluding carboxylic acids is 1. The number of ether oxygens (including phenoxy) is 1. The molecule has 1 atom stereocenters. The van der Waals surface area contributed by atoms with Crippen LogP contribution in [0.2, 0.25) is 0 Å². The Balaban J connectivity index is 1.60. The summed E-state index contributed by atoms with van der Waals surface area (Å²) in [5.41, 5.74) is 0. The normalized spacial score (nSPS) is 23.1. The number of hydrogen-bond acceptors (Lipinski definition) is 5. The Labute approximate surface area is 136 Å². The third kappa shape index (κ3) is 3.67. The van der Waals surface area contributed by atoms with Crippen molar-refractivity contribution in [3.8, 4) is 0 Å². The molecule has 22 heavy (non-hydrogen) atoms. The summed E-state index contributed by atoms with van der Waals surface area (Å²) >= 11 is 1.94. The molecular formula is C16H24N2O3S. The Kier molecular flexibility index (Phi) is 5.44. The molecule has 0 N–H and O–H groups in total. The molecular weight excluding hydrogens is 300 g/mol. The summed E-state index contributed by atoms with van der Waals surface area (Å²) in [5.74, 6) is 4.20. The minimum atomic E-state index is 0.0269. The number of amides is 1. The monoisotopic (exact) mass is 324 g/mol. The summed E-state index contributed by atoms with van der Waals surface area (Å²) in [6.07, 6.45) is 2.05. The fourth-order valence-electron chi connectivity index (χ4n) is 3.22. The quantitative estimate of drug-likeness (QED) is 0.828. The van der Waals surface area contributed by atoms with Crippen molar-refractivity contribution >= 4 is 17.7 Å². The molecule has 5 nitrogen and oxygen atoms in total. The van der Waals surface area contributed by atoms with Crippen molar-refractivity contribution in [2.24, 2.45) is 0 Å². The van der Waals surface area contributed by atoms with E-state index in [4.69, 9.17) is 9.15 Å². The van der Waals surface area contributed by atoms with Gasteiger partial charge in [0.15, 0.2) is 0 Å². The largest absolute Gasteiger partial charge is 0.462 e. The van der Waals surface area contributed by atoms with Gasteiger partial charge in [-0.15, -0.1) is 0 Å². The number of methoxy groups -OCH3 is 1. The second kappa shape index (κ2) is 7.53. The molecule has 2 aliphatic rings. The van der Waals surface area contributed by atoms with Crippen molar-refractivity contribution in [3.05, 3.63) is 23.7 Å². The third-order valence-corrected chi connectivity index (χ3v) is 5.28. The molecule has 0 radical (unpaired) electrons. The van der Waals surface area contributed by atoms with Gasteiger partial charge in [0.2, 0.25) is 5.91 Å². The van der Waals surface area contributed by atoms with Gasteiger partial charge in [-0.2, -0.15) is 11.8 Å². The SMILES string of the molecule is COCc1ccc(CN2CCCC2C(=O)N2CCSCC2)o1. The number of carbonyl (C=O) groups is 1. The zero-order valence-corrected chi connectivity index (χ0v) is 13.9. The van der Waals surface area contributed by atoms with Crippen LogP contribution >= 0.6 is 11.8 Å². The van der Waals surface area contributed by atoms with Gasteiger partial charge in [0.1, 0.15) is 18.1 Å². The van der Waals surface area contributed by atoms with E-state index >= 15 is 0 Å². The maximum atomic E-state index is 12.7. The molecule has 1 unspecified atom stereocenters. The van der Waals surface area contributed by atoms with E-state index in [2.05, 4.69) is 4.90 Å². The number of rotatable bonds is 5. The van der Waals surface area contributed by atoms with Crippen molar-refractivity contribution in [2.75, 3.05) is 38.2 Å². The summed E-state index contributed by atoms with van der Waals surface area (Å²) in [4.78, 5) is 17.0. The first-order valence-corrected chi connectivity index (χ1v) is 9.10. The number of nitrogens with zero attached hydrogens (tertiary/aromatic N) is 2. The zero-order valence-electron chi connectivity index (χ0n) is 13.1. The maximum Gasteiger partial charge on any atom is 0.239 e. The van der Waals surface area contributed by atoms with Crippen LogP contribution in [0.4, 0.5) is 0 Å². The summed E-state index contributed by atoms with van der Waals surface area (Å²) in [5, 5.41) is 0. The molecule has 122 valence electrons. The molecule has 6 heteroatoms. The van der Waals surface area contributed by atoms with E-state index in [9.17, 15) is 4.79 Å². The Morgan fingerprint density at radius 3 is 2.86 bits per heavy atom. The zero-order chi connectivity index (χ0) is 15.4. The Bertz CT molecular complexity index is 499. The molecule has 0 aliphatic carbocycles. The minimum Gasteiger partial charge on any atom is -0.462 e. The van der Waals surface area contributed by atoms with E-state index in [1.807, 2.05) is 28.8 Å². The van der Waals surface area contributed by atoms with E-state index in [1.54, 1.807) is 7.11 Å². The molecule has 1 amide bonds. The van der Waals surface area contributed by atoms with Crippen molar-refractivity contribution in [1.82, 2.24) is 9.80 Å². The lowest BCUT2D eigenvalue weighted by Gasteiger charge is -2.32. The molecule has 3 rings (SSSR count). The van der Waals surface area contributed by atoms with Crippen molar-refractivity contribution < 1.29 is 13.9 Å². The van der Waals surface area contributed by atoms with Crippen molar-refractivity contribution in [3.63, 3.8) is 0 Å². The third-order valence-electron chi connectivity index (χ3n) is 4.33. The Morgan fingerprint density at radius 2 is 2.09 bits per heavy atom. The van der Waals surface area contributed by atoms with Gasteiger partial charge >= 0.3 is 0 Å². The highest BCUT2D eigenvalue weighted by Gasteiger charge is 2.34. The van der Waals surface area contributed by atoms with Crippen LogP contribution in [-0.2, 0) is 22.7 Å². The number of furan rings is 1. The summed E-state index contributed by atoms with van der Waals surface area (Å²) in [7, 11) is 1.66. The maximum absolute atomic E-state index is 12.7. The lowest BCUT2D eigenvalue weighted by molar-refractivity contribution is -0.135. The van der Waals surface area contributed by atoms with Crippen molar-refractivity contribution in [1.29, 1.82) is 0 Å².